The number of anilines is 1. The summed E-state index contributed by atoms with van der Waals surface area (Å²) in [5.41, 5.74) is 8.47. The maximum atomic E-state index is 6.38. The second-order valence-corrected chi connectivity index (χ2v) is 9.12. The lowest BCUT2D eigenvalue weighted by atomic mass is 9.77. The zero-order chi connectivity index (χ0) is 15.3. The number of nitrogens with two attached hydrogens (primary N) is 1. The van der Waals surface area contributed by atoms with Crippen LogP contribution in [0.1, 0.15) is 70.0 Å². The summed E-state index contributed by atoms with van der Waals surface area (Å²) in [5, 5.41) is 1.21. The Morgan fingerprint density at radius 1 is 1.29 bits per heavy atom. The highest BCUT2D eigenvalue weighted by Crippen LogP contribution is 2.44. The lowest BCUT2D eigenvalue weighted by Gasteiger charge is -2.38. The van der Waals surface area contributed by atoms with Gasteiger partial charge in [0, 0.05) is 24.0 Å². The SMILES string of the molecule is CCC1(C)CCN(c2nc3c(s2)C(N)CC(C)(C)C3)CC1. The summed E-state index contributed by atoms with van der Waals surface area (Å²) in [6, 6.07) is 0.181. The van der Waals surface area contributed by atoms with Gasteiger partial charge in [0.15, 0.2) is 5.13 Å². The molecule has 3 rings (SSSR count). The number of nitrogens with zero attached hydrogens (tertiary/aromatic N) is 2. The molecule has 0 aromatic carbocycles. The Bertz CT molecular complexity index is 512. The monoisotopic (exact) mass is 307 g/mol. The minimum atomic E-state index is 0.181. The Morgan fingerprint density at radius 2 is 1.95 bits per heavy atom. The van der Waals surface area contributed by atoms with Crippen molar-refractivity contribution < 1.29 is 0 Å². The first kappa shape index (κ1) is 15.3. The molecule has 1 saturated heterocycles. The van der Waals surface area contributed by atoms with Gasteiger partial charge in [-0.05, 0) is 36.5 Å². The Morgan fingerprint density at radius 3 is 2.57 bits per heavy atom. The van der Waals surface area contributed by atoms with E-state index in [1.165, 1.54) is 35.0 Å². The van der Waals surface area contributed by atoms with Gasteiger partial charge in [-0.1, -0.05) is 45.5 Å². The third-order valence-electron chi connectivity index (χ3n) is 5.57. The third kappa shape index (κ3) is 2.98. The van der Waals surface area contributed by atoms with Crippen molar-refractivity contribution >= 4 is 16.5 Å². The van der Waals surface area contributed by atoms with E-state index in [0.29, 0.717) is 10.8 Å². The molecule has 0 saturated carbocycles. The Balaban J connectivity index is 1.77. The van der Waals surface area contributed by atoms with Crippen molar-refractivity contribution in [3.63, 3.8) is 0 Å². The summed E-state index contributed by atoms with van der Waals surface area (Å²) in [5.74, 6) is 0. The molecular weight excluding hydrogens is 278 g/mol. The molecule has 1 unspecified atom stereocenters. The molecule has 3 nitrogen and oxygen atoms in total. The largest absolute Gasteiger partial charge is 0.348 e. The highest BCUT2D eigenvalue weighted by atomic mass is 32.1. The summed E-state index contributed by atoms with van der Waals surface area (Å²) >= 11 is 1.85. The van der Waals surface area contributed by atoms with E-state index in [-0.39, 0.29) is 6.04 Å². The average molecular weight is 308 g/mol. The van der Waals surface area contributed by atoms with Crippen LogP contribution in [0.3, 0.4) is 0 Å². The maximum Gasteiger partial charge on any atom is 0.185 e. The zero-order valence-electron chi connectivity index (χ0n) is 13.9. The number of fused-ring (bicyclic) bond motifs is 1. The summed E-state index contributed by atoms with van der Waals surface area (Å²) in [4.78, 5) is 8.79. The van der Waals surface area contributed by atoms with E-state index in [2.05, 4.69) is 32.6 Å². The van der Waals surface area contributed by atoms with Crippen LogP contribution in [-0.2, 0) is 6.42 Å². The molecule has 4 heteroatoms. The van der Waals surface area contributed by atoms with Gasteiger partial charge in [-0.2, -0.15) is 0 Å². The summed E-state index contributed by atoms with van der Waals surface area (Å²) in [6.07, 6.45) is 6.01. The summed E-state index contributed by atoms with van der Waals surface area (Å²) in [6.45, 7) is 11.7. The van der Waals surface area contributed by atoms with Crippen LogP contribution in [0.15, 0.2) is 0 Å². The van der Waals surface area contributed by atoms with Gasteiger partial charge in [0.1, 0.15) is 0 Å². The zero-order valence-corrected chi connectivity index (χ0v) is 14.7. The van der Waals surface area contributed by atoms with Gasteiger partial charge in [-0.25, -0.2) is 4.98 Å². The molecule has 118 valence electrons. The first-order chi connectivity index (χ1) is 9.82. The highest BCUT2D eigenvalue weighted by Gasteiger charge is 2.35. The van der Waals surface area contributed by atoms with E-state index < -0.39 is 0 Å². The van der Waals surface area contributed by atoms with Crippen molar-refractivity contribution in [1.82, 2.24) is 4.98 Å². The molecule has 1 fully saturated rings. The minimum Gasteiger partial charge on any atom is -0.348 e. The number of rotatable bonds is 2. The third-order valence-corrected chi connectivity index (χ3v) is 6.86. The van der Waals surface area contributed by atoms with Crippen LogP contribution in [-0.4, -0.2) is 18.1 Å². The second kappa shape index (κ2) is 5.24. The Labute approximate surface area is 132 Å². The predicted molar refractivity (Wildman–Crippen MR) is 91.0 cm³/mol. The van der Waals surface area contributed by atoms with Crippen molar-refractivity contribution in [2.24, 2.45) is 16.6 Å². The molecule has 1 aromatic rings. The van der Waals surface area contributed by atoms with Gasteiger partial charge in [0.2, 0.25) is 0 Å². The highest BCUT2D eigenvalue weighted by molar-refractivity contribution is 7.15. The van der Waals surface area contributed by atoms with E-state index in [1.807, 2.05) is 11.3 Å². The summed E-state index contributed by atoms with van der Waals surface area (Å²) < 4.78 is 0. The molecule has 1 atom stereocenters. The van der Waals surface area contributed by atoms with Crippen molar-refractivity contribution in [3.8, 4) is 0 Å². The fraction of sp³-hybridized carbons (Fsp3) is 0.824. The first-order valence-corrected chi connectivity index (χ1v) is 9.14. The predicted octanol–water partition coefficient (Wildman–Crippen LogP) is 4.13. The van der Waals surface area contributed by atoms with Crippen LogP contribution < -0.4 is 10.6 Å². The molecule has 0 spiro atoms. The fourth-order valence-electron chi connectivity index (χ4n) is 3.71. The van der Waals surface area contributed by atoms with E-state index in [9.17, 15) is 0 Å². The topological polar surface area (TPSA) is 42.2 Å². The number of piperidine rings is 1. The fourth-order valence-corrected chi connectivity index (χ4v) is 4.84. The van der Waals surface area contributed by atoms with E-state index >= 15 is 0 Å². The summed E-state index contributed by atoms with van der Waals surface area (Å²) in [7, 11) is 0. The van der Waals surface area contributed by atoms with Crippen molar-refractivity contribution in [2.45, 2.75) is 65.8 Å². The van der Waals surface area contributed by atoms with Gasteiger partial charge in [0.05, 0.1) is 5.69 Å². The molecule has 2 N–H and O–H groups in total. The minimum absolute atomic E-state index is 0.181. The van der Waals surface area contributed by atoms with Crippen LogP contribution in [0.4, 0.5) is 5.13 Å². The van der Waals surface area contributed by atoms with Gasteiger partial charge in [-0.15, -0.1) is 0 Å². The molecule has 1 aliphatic carbocycles. The van der Waals surface area contributed by atoms with Gasteiger partial charge in [-0.3, -0.25) is 0 Å². The normalized spacial score (nSPS) is 27.5. The van der Waals surface area contributed by atoms with E-state index in [1.54, 1.807) is 0 Å². The number of hydrogen-bond donors (Lipinski definition) is 1. The van der Waals surface area contributed by atoms with E-state index in [4.69, 9.17) is 10.7 Å². The number of aromatic nitrogens is 1. The molecule has 2 heterocycles. The molecule has 1 aliphatic heterocycles. The van der Waals surface area contributed by atoms with Crippen LogP contribution in [0.25, 0.3) is 0 Å². The Hall–Kier alpha value is -0.610. The van der Waals surface area contributed by atoms with Gasteiger partial charge in [0.25, 0.3) is 0 Å². The molecule has 2 aliphatic rings. The first-order valence-electron chi connectivity index (χ1n) is 8.32. The molecular formula is C17H29N3S. The van der Waals surface area contributed by atoms with Crippen LogP contribution in [0, 0.1) is 10.8 Å². The average Bonchev–Trinajstić information content (AvgIpc) is 2.82. The van der Waals surface area contributed by atoms with E-state index in [0.717, 1.165) is 25.9 Å². The lowest BCUT2D eigenvalue weighted by Crippen LogP contribution is -2.38. The number of hydrogen-bond acceptors (Lipinski definition) is 4. The lowest BCUT2D eigenvalue weighted by molar-refractivity contribution is 0.238. The van der Waals surface area contributed by atoms with Gasteiger partial charge >= 0.3 is 0 Å². The number of thiazole rings is 1. The van der Waals surface area contributed by atoms with Crippen molar-refractivity contribution in [1.29, 1.82) is 0 Å². The maximum absolute atomic E-state index is 6.38. The molecule has 0 bridgehead atoms. The molecule has 0 amide bonds. The molecule has 1 aromatic heterocycles. The molecule has 21 heavy (non-hydrogen) atoms. The molecule has 0 radical (unpaired) electrons. The standard InChI is InChI=1S/C17H29N3S/c1-5-17(4)6-8-20(9-7-17)15-19-13-11-16(2,3)10-12(18)14(13)21-15/h12H,5-11,18H2,1-4H3. The van der Waals surface area contributed by atoms with Crippen LogP contribution in [0.2, 0.25) is 0 Å². The van der Waals surface area contributed by atoms with Crippen molar-refractivity contribution in [2.75, 3.05) is 18.0 Å². The van der Waals surface area contributed by atoms with Crippen molar-refractivity contribution in [3.05, 3.63) is 10.6 Å². The smallest absolute Gasteiger partial charge is 0.185 e. The quantitative estimate of drug-likeness (QED) is 0.893. The Kier molecular flexibility index (Phi) is 3.81. The van der Waals surface area contributed by atoms with Gasteiger partial charge < -0.3 is 10.6 Å². The van der Waals surface area contributed by atoms with Crippen LogP contribution in [0.5, 0.6) is 0 Å². The van der Waals surface area contributed by atoms with Crippen LogP contribution >= 0.6 is 11.3 Å². The second-order valence-electron chi connectivity index (χ2n) is 8.11.